The van der Waals surface area contributed by atoms with Gasteiger partial charge in [0, 0.05) is 10.4 Å². The third kappa shape index (κ3) is 1.63. The van der Waals surface area contributed by atoms with E-state index in [1.54, 1.807) is 0 Å². The van der Waals surface area contributed by atoms with Crippen molar-refractivity contribution >= 4 is 11.3 Å². The van der Waals surface area contributed by atoms with Gasteiger partial charge in [-0.1, -0.05) is 30.2 Å². The minimum absolute atomic E-state index is 0.183. The van der Waals surface area contributed by atoms with Crippen LogP contribution in [0.15, 0.2) is 30.2 Å². The molecule has 0 atom stereocenters. The number of thiazole rings is 1. The molecule has 0 aliphatic heterocycles. The van der Waals surface area contributed by atoms with E-state index in [1.165, 1.54) is 11.3 Å². The van der Waals surface area contributed by atoms with E-state index in [4.69, 9.17) is 6.85 Å². The van der Waals surface area contributed by atoms with E-state index < -0.39 is 0 Å². The van der Waals surface area contributed by atoms with E-state index in [-0.39, 0.29) is 35.8 Å². The Morgan fingerprint density at radius 3 is 2.46 bits per heavy atom. The first-order valence-electron chi connectivity index (χ1n) is 6.36. The molecule has 1 heterocycles. The Kier molecular flexibility index (Phi) is 1.11. The highest BCUT2D eigenvalue weighted by atomic mass is 32.1. The maximum atomic E-state index is 7.85. The Hall–Kier alpha value is -1.15. The number of aryl methyl sites for hydroxylation is 2. The maximum Gasteiger partial charge on any atom is 0.123 e. The molecule has 0 aliphatic rings. The summed E-state index contributed by atoms with van der Waals surface area (Å²) in [7, 11) is 0. The van der Waals surface area contributed by atoms with Crippen LogP contribution in [-0.4, -0.2) is 4.98 Å². The quantitative estimate of drug-likeness (QED) is 0.677. The van der Waals surface area contributed by atoms with Gasteiger partial charge in [0.15, 0.2) is 0 Å². The van der Waals surface area contributed by atoms with Crippen LogP contribution >= 0.6 is 11.3 Å². The summed E-state index contributed by atoms with van der Waals surface area (Å²) in [6.45, 7) is 3.73. The van der Waals surface area contributed by atoms with Crippen LogP contribution in [-0.2, 0) is 0 Å². The molecule has 13 heavy (non-hydrogen) atoms. The van der Waals surface area contributed by atoms with Gasteiger partial charge in [0.05, 0.1) is 12.5 Å². The molecular weight excluding hydrogens is 178 g/mol. The predicted molar refractivity (Wildman–Crippen MR) is 57.0 cm³/mol. The molecule has 0 aliphatic carbocycles. The highest BCUT2D eigenvalue weighted by Gasteiger charge is 2.04. The SMILES string of the molecule is [2H]c1c([2H])c([2H])c(-c2nc(C)c(C)s2)c([2H])c1[2H]. The summed E-state index contributed by atoms with van der Waals surface area (Å²) in [6, 6.07) is -1.42. The van der Waals surface area contributed by atoms with Crippen molar-refractivity contribution in [3.05, 3.63) is 40.8 Å². The lowest BCUT2D eigenvalue weighted by Gasteiger charge is -1.92. The van der Waals surface area contributed by atoms with Crippen molar-refractivity contribution in [2.45, 2.75) is 13.8 Å². The number of aromatic nitrogens is 1. The predicted octanol–water partition coefficient (Wildman–Crippen LogP) is 3.43. The van der Waals surface area contributed by atoms with Crippen LogP contribution < -0.4 is 0 Å². The molecule has 1 aromatic carbocycles. The van der Waals surface area contributed by atoms with E-state index in [0.717, 1.165) is 10.6 Å². The van der Waals surface area contributed by atoms with Gasteiger partial charge in [-0.05, 0) is 13.8 Å². The van der Waals surface area contributed by atoms with Gasteiger partial charge < -0.3 is 0 Å². The molecule has 1 nitrogen and oxygen atoms in total. The Labute approximate surface area is 89.1 Å². The zero-order valence-corrected chi connectivity index (χ0v) is 8.17. The second-order valence-corrected chi connectivity index (χ2v) is 3.86. The molecule has 2 aromatic rings. The zero-order chi connectivity index (χ0) is 13.6. The number of rotatable bonds is 1. The van der Waals surface area contributed by atoms with Gasteiger partial charge in [-0.25, -0.2) is 4.98 Å². The lowest BCUT2D eigenvalue weighted by molar-refractivity contribution is 1.23. The van der Waals surface area contributed by atoms with Crippen molar-refractivity contribution < 1.29 is 6.85 Å². The van der Waals surface area contributed by atoms with Crippen molar-refractivity contribution in [3.63, 3.8) is 0 Å². The van der Waals surface area contributed by atoms with Crippen molar-refractivity contribution in [3.8, 4) is 10.6 Å². The third-order valence-electron chi connectivity index (χ3n) is 1.74. The first kappa shape index (κ1) is 4.38. The standard InChI is InChI=1S/C11H11NS/c1-8-9(2)13-11(12-8)10-6-4-3-5-7-10/h3-7H,1-2H3/i3D,4D,5D,6D,7D. The van der Waals surface area contributed by atoms with E-state index in [9.17, 15) is 0 Å². The van der Waals surface area contributed by atoms with E-state index >= 15 is 0 Å². The number of hydrogen-bond acceptors (Lipinski definition) is 2. The summed E-state index contributed by atoms with van der Waals surface area (Å²) < 4.78 is 38.5. The number of nitrogens with zero attached hydrogens (tertiary/aromatic N) is 1. The monoisotopic (exact) mass is 194 g/mol. The minimum Gasteiger partial charge on any atom is -0.241 e. The molecule has 0 fully saturated rings. The van der Waals surface area contributed by atoms with Crippen LogP contribution in [0.4, 0.5) is 0 Å². The fourth-order valence-corrected chi connectivity index (χ4v) is 1.81. The summed E-state index contributed by atoms with van der Waals surface area (Å²) in [5, 5.41) is 0.474. The third-order valence-corrected chi connectivity index (χ3v) is 2.83. The van der Waals surface area contributed by atoms with Crippen LogP contribution in [0.25, 0.3) is 10.6 Å². The van der Waals surface area contributed by atoms with Gasteiger partial charge in [-0.3, -0.25) is 0 Å². The van der Waals surface area contributed by atoms with Crippen LogP contribution in [0, 0.1) is 13.8 Å². The highest BCUT2D eigenvalue weighted by Crippen LogP contribution is 2.26. The molecule has 0 saturated carbocycles. The van der Waals surface area contributed by atoms with Gasteiger partial charge in [-0.2, -0.15) is 0 Å². The van der Waals surface area contributed by atoms with Gasteiger partial charge in [0.2, 0.25) is 0 Å². The summed E-state index contributed by atoms with van der Waals surface area (Å²) in [5.74, 6) is 0. The molecule has 0 saturated heterocycles. The van der Waals surface area contributed by atoms with Crippen molar-refractivity contribution in [2.75, 3.05) is 0 Å². The van der Waals surface area contributed by atoms with Crippen LogP contribution in [0.5, 0.6) is 0 Å². The number of benzene rings is 1. The summed E-state index contributed by atoms with van der Waals surface area (Å²) >= 11 is 1.34. The van der Waals surface area contributed by atoms with Crippen molar-refractivity contribution in [1.82, 2.24) is 4.98 Å². The maximum absolute atomic E-state index is 7.85. The Balaban J connectivity index is 2.79. The van der Waals surface area contributed by atoms with Crippen molar-refractivity contribution in [2.24, 2.45) is 0 Å². The van der Waals surface area contributed by atoms with Gasteiger partial charge >= 0.3 is 0 Å². The second kappa shape index (κ2) is 3.30. The fraction of sp³-hybridized carbons (Fsp3) is 0.182. The molecule has 1 aromatic heterocycles. The summed E-state index contributed by atoms with van der Waals surface area (Å²) in [4.78, 5) is 5.25. The largest absolute Gasteiger partial charge is 0.241 e. The van der Waals surface area contributed by atoms with Crippen LogP contribution in [0.3, 0.4) is 0 Å². The smallest absolute Gasteiger partial charge is 0.123 e. The molecule has 2 rings (SSSR count). The second-order valence-electron chi connectivity index (χ2n) is 2.66. The van der Waals surface area contributed by atoms with Crippen LogP contribution in [0.1, 0.15) is 17.4 Å². The summed E-state index contributed by atoms with van der Waals surface area (Å²) in [5.41, 5.74) is 1.00. The molecule has 0 spiro atoms. The molecule has 0 amide bonds. The van der Waals surface area contributed by atoms with Gasteiger partial charge in [-0.15, -0.1) is 11.3 Å². The Morgan fingerprint density at radius 1 is 1.23 bits per heavy atom. The normalized spacial score (nSPS) is 15.7. The average molecular weight is 194 g/mol. The molecule has 0 unspecified atom stereocenters. The fourth-order valence-electron chi connectivity index (χ4n) is 0.937. The summed E-state index contributed by atoms with van der Waals surface area (Å²) in [6.07, 6.45) is 0. The lowest BCUT2D eigenvalue weighted by atomic mass is 10.2. The first-order valence-corrected chi connectivity index (χ1v) is 4.67. The Bertz CT molecular complexity index is 586. The molecule has 0 N–H and O–H groups in total. The van der Waals surface area contributed by atoms with E-state index in [0.29, 0.717) is 5.01 Å². The number of hydrogen-bond donors (Lipinski definition) is 0. The molecule has 0 radical (unpaired) electrons. The molecule has 2 heteroatoms. The highest BCUT2D eigenvalue weighted by molar-refractivity contribution is 7.15. The van der Waals surface area contributed by atoms with E-state index in [1.807, 2.05) is 13.8 Å². The van der Waals surface area contributed by atoms with Crippen LogP contribution in [0.2, 0.25) is 0 Å². The van der Waals surface area contributed by atoms with Crippen molar-refractivity contribution in [1.29, 1.82) is 0 Å². The first-order chi connectivity index (χ1) is 8.34. The molecule has 0 bridgehead atoms. The van der Waals surface area contributed by atoms with Gasteiger partial charge in [0.25, 0.3) is 0 Å². The van der Waals surface area contributed by atoms with E-state index in [2.05, 4.69) is 4.98 Å². The average Bonchev–Trinajstić information content (AvgIpc) is 2.64. The Morgan fingerprint density at radius 2 is 1.92 bits per heavy atom. The molecular formula is C11H11NS. The topological polar surface area (TPSA) is 12.9 Å². The van der Waals surface area contributed by atoms with Gasteiger partial charge in [0.1, 0.15) is 5.01 Å². The lowest BCUT2D eigenvalue weighted by Crippen LogP contribution is -1.75. The minimum atomic E-state index is -0.376. The molecule has 66 valence electrons. The zero-order valence-electron chi connectivity index (χ0n) is 12.4.